The van der Waals surface area contributed by atoms with Crippen LogP contribution >= 0.6 is 0 Å². The number of nitrogens with zero attached hydrogens (tertiary/aromatic N) is 3. The maximum absolute atomic E-state index is 14.2. The Labute approximate surface area is 120 Å². The largest absolute Gasteiger partial charge is 0.376 e. The van der Waals surface area contributed by atoms with Crippen molar-refractivity contribution in [2.45, 2.75) is 19.4 Å². The highest BCUT2D eigenvalue weighted by molar-refractivity contribution is 5.70. The second-order valence-electron chi connectivity index (χ2n) is 5.18. The molecule has 1 aromatic heterocycles. The molecule has 0 N–H and O–H groups in total. The third kappa shape index (κ3) is 1.90. The number of halogens is 2. The molecule has 0 saturated carbocycles. The summed E-state index contributed by atoms with van der Waals surface area (Å²) >= 11 is 0. The molecule has 21 heavy (non-hydrogen) atoms. The number of rotatable bonds is 1. The minimum absolute atomic E-state index is 0.293. The lowest BCUT2D eigenvalue weighted by Gasteiger charge is -2.25. The molecule has 4 rings (SSSR count). The zero-order valence-electron chi connectivity index (χ0n) is 11.3. The Morgan fingerprint density at radius 2 is 1.90 bits per heavy atom. The fourth-order valence-electron chi connectivity index (χ4n) is 3.04. The van der Waals surface area contributed by atoms with Crippen LogP contribution < -0.4 is 4.90 Å². The molecule has 0 radical (unpaired) electrons. The highest BCUT2D eigenvalue weighted by Gasteiger charge is 2.30. The van der Waals surface area contributed by atoms with Crippen molar-refractivity contribution in [3.8, 4) is 0 Å². The fraction of sp³-hybridized carbons (Fsp3) is 0.333. The van der Waals surface area contributed by atoms with Gasteiger partial charge >= 0.3 is 0 Å². The SMILES string of the molecule is Fc1ccc(F)c2c1CCN2c1ncnc2c1COCC2. The fourth-order valence-corrected chi connectivity index (χ4v) is 3.04. The molecule has 1 aromatic carbocycles. The van der Waals surface area contributed by atoms with Crippen LogP contribution in [-0.2, 0) is 24.2 Å². The zero-order chi connectivity index (χ0) is 14.4. The van der Waals surface area contributed by atoms with Crippen LogP contribution in [0.1, 0.15) is 16.8 Å². The van der Waals surface area contributed by atoms with Gasteiger partial charge in [0.15, 0.2) is 0 Å². The third-order valence-electron chi connectivity index (χ3n) is 4.03. The second-order valence-corrected chi connectivity index (χ2v) is 5.18. The van der Waals surface area contributed by atoms with E-state index in [0.717, 1.165) is 23.7 Å². The first-order chi connectivity index (χ1) is 10.3. The van der Waals surface area contributed by atoms with Crippen molar-refractivity contribution in [2.75, 3.05) is 18.1 Å². The van der Waals surface area contributed by atoms with Crippen molar-refractivity contribution in [2.24, 2.45) is 0 Å². The van der Waals surface area contributed by atoms with Crippen LogP contribution in [0.5, 0.6) is 0 Å². The standard InChI is InChI=1S/C15H13F2N3O/c16-11-1-2-12(17)14-9(11)3-5-20(14)15-10-7-21-6-4-13(10)18-8-19-15/h1-2,8H,3-7H2. The van der Waals surface area contributed by atoms with Gasteiger partial charge in [0.2, 0.25) is 0 Å². The van der Waals surface area contributed by atoms with Crippen LogP contribution in [-0.4, -0.2) is 23.1 Å². The van der Waals surface area contributed by atoms with Gasteiger partial charge in [-0.1, -0.05) is 0 Å². The lowest BCUT2D eigenvalue weighted by molar-refractivity contribution is 0.109. The summed E-state index contributed by atoms with van der Waals surface area (Å²) in [5, 5.41) is 0. The molecular weight excluding hydrogens is 276 g/mol. The molecule has 0 unspecified atom stereocenters. The molecule has 2 aliphatic heterocycles. The van der Waals surface area contributed by atoms with Gasteiger partial charge in [0, 0.05) is 24.1 Å². The molecule has 4 nitrogen and oxygen atoms in total. The summed E-state index contributed by atoms with van der Waals surface area (Å²) in [5.74, 6) is -0.163. The molecular formula is C15H13F2N3O. The van der Waals surface area contributed by atoms with E-state index < -0.39 is 5.82 Å². The Hall–Kier alpha value is -2.08. The minimum Gasteiger partial charge on any atom is -0.376 e. The maximum atomic E-state index is 14.2. The molecule has 0 amide bonds. The van der Waals surface area contributed by atoms with E-state index in [1.54, 1.807) is 4.90 Å². The van der Waals surface area contributed by atoms with Crippen molar-refractivity contribution >= 4 is 11.5 Å². The first-order valence-corrected chi connectivity index (χ1v) is 6.90. The first kappa shape index (κ1) is 12.6. The lowest BCUT2D eigenvalue weighted by Crippen LogP contribution is -2.22. The van der Waals surface area contributed by atoms with Crippen LogP contribution in [0.15, 0.2) is 18.5 Å². The summed E-state index contributed by atoms with van der Waals surface area (Å²) in [7, 11) is 0. The zero-order valence-corrected chi connectivity index (χ0v) is 11.3. The number of hydrogen-bond donors (Lipinski definition) is 0. The summed E-state index contributed by atoms with van der Waals surface area (Å²) in [5.41, 5.74) is 2.51. The smallest absolute Gasteiger partial charge is 0.147 e. The Morgan fingerprint density at radius 1 is 1.05 bits per heavy atom. The van der Waals surface area contributed by atoms with E-state index in [1.165, 1.54) is 12.4 Å². The van der Waals surface area contributed by atoms with E-state index in [1.807, 2.05) is 0 Å². The van der Waals surface area contributed by atoms with E-state index in [2.05, 4.69) is 9.97 Å². The highest BCUT2D eigenvalue weighted by atomic mass is 19.1. The molecule has 6 heteroatoms. The monoisotopic (exact) mass is 289 g/mol. The third-order valence-corrected chi connectivity index (χ3v) is 4.03. The number of anilines is 2. The van der Waals surface area contributed by atoms with Gasteiger partial charge in [0.25, 0.3) is 0 Å². The quantitative estimate of drug-likeness (QED) is 0.808. The van der Waals surface area contributed by atoms with Crippen molar-refractivity contribution < 1.29 is 13.5 Å². The molecule has 2 aromatic rings. The van der Waals surface area contributed by atoms with E-state index in [-0.39, 0.29) is 5.82 Å². The molecule has 0 atom stereocenters. The van der Waals surface area contributed by atoms with Gasteiger partial charge in [0.1, 0.15) is 23.8 Å². The Bertz CT molecular complexity index is 720. The summed E-state index contributed by atoms with van der Waals surface area (Å²) in [4.78, 5) is 10.3. The topological polar surface area (TPSA) is 38.2 Å². The maximum Gasteiger partial charge on any atom is 0.147 e. The molecule has 0 aliphatic carbocycles. The normalized spacial score (nSPS) is 16.8. The molecule has 3 heterocycles. The van der Waals surface area contributed by atoms with Crippen molar-refractivity contribution in [3.05, 3.63) is 46.9 Å². The summed E-state index contributed by atoms with van der Waals surface area (Å²) in [6.07, 6.45) is 2.67. The van der Waals surface area contributed by atoms with Crippen LogP contribution in [0.2, 0.25) is 0 Å². The lowest BCUT2D eigenvalue weighted by atomic mass is 10.1. The average Bonchev–Trinajstić information content (AvgIpc) is 2.96. The van der Waals surface area contributed by atoms with E-state index >= 15 is 0 Å². The molecule has 0 spiro atoms. The number of aromatic nitrogens is 2. The van der Waals surface area contributed by atoms with Crippen LogP contribution in [0, 0.1) is 11.6 Å². The highest BCUT2D eigenvalue weighted by Crippen LogP contribution is 2.39. The summed E-state index contributed by atoms with van der Waals surface area (Å²) in [6, 6.07) is 2.34. The molecule has 2 aliphatic rings. The Kier molecular flexibility index (Phi) is 2.85. The molecule has 0 fully saturated rings. The molecule has 0 saturated heterocycles. The average molecular weight is 289 g/mol. The Balaban J connectivity index is 1.87. The number of benzene rings is 1. The van der Waals surface area contributed by atoms with Gasteiger partial charge < -0.3 is 9.64 Å². The van der Waals surface area contributed by atoms with E-state index in [9.17, 15) is 8.78 Å². The van der Waals surface area contributed by atoms with Gasteiger partial charge in [-0.15, -0.1) is 0 Å². The van der Waals surface area contributed by atoms with Gasteiger partial charge in [0.05, 0.1) is 24.6 Å². The number of hydrogen-bond acceptors (Lipinski definition) is 4. The van der Waals surface area contributed by atoms with Crippen LogP contribution in [0.3, 0.4) is 0 Å². The van der Waals surface area contributed by atoms with Gasteiger partial charge in [-0.3, -0.25) is 0 Å². The predicted octanol–water partition coefficient (Wildman–Crippen LogP) is 2.52. The number of ether oxygens (including phenoxy) is 1. The van der Waals surface area contributed by atoms with Gasteiger partial charge in [-0.05, 0) is 18.6 Å². The molecule has 108 valence electrons. The van der Waals surface area contributed by atoms with Gasteiger partial charge in [-0.25, -0.2) is 18.7 Å². The second kappa shape index (κ2) is 4.73. The van der Waals surface area contributed by atoms with E-state index in [4.69, 9.17) is 4.74 Å². The van der Waals surface area contributed by atoms with Gasteiger partial charge in [-0.2, -0.15) is 0 Å². The molecule has 0 bridgehead atoms. The van der Waals surface area contributed by atoms with Crippen LogP contribution in [0.4, 0.5) is 20.3 Å². The first-order valence-electron chi connectivity index (χ1n) is 6.90. The number of fused-ring (bicyclic) bond motifs is 2. The van der Waals surface area contributed by atoms with Crippen LogP contribution in [0.25, 0.3) is 0 Å². The van der Waals surface area contributed by atoms with Crippen molar-refractivity contribution in [1.29, 1.82) is 0 Å². The Morgan fingerprint density at radius 3 is 2.81 bits per heavy atom. The van der Waals surface area contributed by atoms with Crippen molar-refractivity contribution in [1.82, 2.24) is 9.97 Å². The predicted molar refractivity (Wildman–Crippen MR) is 72.5 cm³/mol. The summed E-state index contributed by atoms with van der Waals surface area (Å²) < 4.78 is 33.5. The summed E-state index contributed by atoms with van der Waals surface area (Å²) in [6.45, 7) is 1.55. The van der Waals surface area contributed by atoms with E-state index in [0.29, 0.717) is 43.2 Å². The minimum atomic E-state index is -0.423. The van der Waals surface area contributed by atoms with Crippen molar-refractivity contribution in [3.63, 3.8) is 0 Å².